The number of rotatable bonds is 4. The third-order valence-corrected chi connectivity index (χ3v) is 3.70. The number of hydrogen-bond donors (Lipinski definition) is 1. The van der Waals surface area contributed by atoms with Crippen molar-refractivity contribution in [1.29, 1.82) is 0 Å². The molecule has 3 heteroatoms. The van der Waals surface area contributed by atoms with Crippen LogP contribution in [0.1, 0.15) is 49.9 Å². The Morgan fingerprint density at radius 1 is 1.26 bits per heavy atom. The fourth-order valence-electron chi connectivity index (χ4n) is 2.78. The van der Waals surface area contributed by atoms with E-state index in [1.165, 1.54) is 12.8 Å². The normalized spacial score (nSPS) is 15.9. The molecule has 2 rings (SSSR count). The molecule has 0 spiro atoms. The fraction of sp³-hybridized carbons (Fsp3) is 0.562. The Balaban J connectivity index is 2.16. The maximum atomic E-state index is 12.6. The number of hydrogen-bond acceptors (Lipinski definition) is 2. The van der Waals surface area contributed by atoms with Crippen LogP contribution in [0.4, 0.5) is 0 Å². The van der Waals surface area contributed by atoms with Gasteiger partial charge in [-0.25, -0.2) is 0 Å². The van der Waals surface area contributed by atoms with Crippen LogP contribution in [0.5, 0.6) is 5.75 Å². The van der Waals surface area contributed by atoms with Gasteiger partial charge in [0.15, 0.2) is 0 Å². The van der Waals surface area contributed by atoms with Crippen molar-refractivity contribution in [3.8, 4) is 5.75 Å². The summed E-state index contributed by atoms with van der Waals surface area (Å²) >= 11 is 0. The molecule has 1 aromatic rings. The van der Waals surface area contributed by atoms with Crippen molar-refractivity contribution in [2.24, 2.45) is 5.92 Å². The Kier molecular flexibility index (Phi) is 4.46. The van der Waals surface area contributed by atoms with Gasteiger partial charge >= 0.3 is 0 Å². The summed E-state index contributed by atoms with van der Waals surface area (Å²) in [6.07, 6.45) is 4.69. The quantitative estimate of drug-likeness (QED) is 0.902. The lowest BCUT2D eigenvalue weighted by atomic mass is 10.1. The lowest BCUT2D eigenvalue weighted by molar-refractivity contribution is 0.0655. The first kappa shape index (κ1) is 13.9. The summed E-state index contributed by atoms with van der Waals surface area (Å²) in [4.78, 5) is 14.7. The van der Waals surface area contributed by atoms with Gasteiger partial charge in [-0.2, -0.15) is 0 Å². The monoisotopic (exact) mass is 261 g/mol. The van der Waals surface area contributed by atoms with Crippen LogP contribution in [0.3, 0.4) is 0 Å². The molecule has 0 radical (unpaired) electrons. The number of phenolic OH excluding ortho intramolecular Hbond substituents is 1. The van der Waals surface area contributed by atoms with Gasteiger partial charge in [-0.3, -0.25) is 4.79 Å². The summed E-state index contributed by atoms with van der Waals surface area (Å²) < 4.78 is 0. The molecule has 0 heterocycles. The van der Waals surface area contributed by atoms with Crippen molar-refractivity contribution in [1.82, 2.24) is 4.90 Å². The van der Waals surface area contributed by atoms with Crippen molar-refractivity contribution in [3.63, 3.8) is 0 Å². The second kappa shape index (κ2) is 6.09. The highest BCUT2D eigenvalue weighted by molar-refractivity contribution is 5.94. The van der Waals surface area contributed by atoms with Gasteiger partial charge in [0.1, 0.15) is 5.75 Å². The number of benzene rings is 1. The molecule has 1 fully saturated rings. The fourth-order valence-corrected chi connectivity index (χ4v) is 2.78. The number of carbonyl (C=O) groups excluding carboxylic acids is 1. The molecule has 19 heavy (non-hydrogen) atoms. The summed E-state index contributed by atoms with van der Waals surface area (Å²) in [6.45, 7) is 5.10. The third-order valence-electron chi connectivity index (χ3n) is 3.70. The second-order valence-corrected chi connectivity index (χ2v) is 5.84. The van der Waals surface area contributed by atoms with Crippen LogP contribution in [0.15, 0.2) is 24.3 Å². The molecular weight excluding hydrogens is 238 g/mol. The molecule has 0 aliphatic heterocycles. The molecular formula is C16H23NO2. The first-order chi connectivity index (χ1) is 9.08. The average molecular weight is 261 g/mol. The lowest BCUT2D eigenvalue weighted by Gasteiger charge is -2.30. The Morgan fingerprint density at radius 3 is 2.37 bits per heavy atom. The number of phenols is 1. The molecule has 1 amide bonds. The Bertz CT molecular complexity index is 419. The molecule has 1 aromatic carbocycles. The van der Waals surface area contributed by atoms with E-state index in [-0.39, 0.29) is 11.7 Å². The van der Waals surface area contributed by atoms with Crippen LogP contribution >= 0.6 is 0 Å². The summed E-state index contributed by atoms with van der Waals surface area (Å²) in [5.74, 6) is 0.773. The van der Waals surface area contributed by atoms with E-state index < -0.39 is 0 Å². The molecule has 0 unspecified atom stereocenters. The van der Waals surface area contributed by atoms with E-state index in [4.69, 9.17) is 0 Å². The number of carbonyl (C=O) groups is 1. The predicted octanol–water partition coefficient (Wildman–Crippen LogP) is 3.43. The molecule has 1 N–H and O–H groups in total. The molecule has 0 saturated heterocycles. The lowest BCUT2D eigenvalue weighted by Crippen LogP contribution is -2.41. The van der Waals surface area contributed by atoms with Crippen LogP contribution in [-0.4, -0.2) is 28.5 Å². The zero-order valence-electron chi connectivity index (χ0n) is 11.8. The smallest absolute Gasteiger partial charge is 0.254 e. The van der Waals surface area contributed by atoms with E-state index in [0.717, 1.165) is 19.4 Å². The van der Waals surface area contributed by atoms with E-state index in [9.17, 15) is 9.90 Å². The highest BCUT2D eigenvalue weighted by Gasteiger charge is 2.27. The molecule has 1 saturated carbocycles. The highest BCUT2D eigenvalue weighted by Crippen LogP contribution is 2.26. The van der Waals surface area contributed by atoms with Crippen molar-refractivity contribution in [2.45, 2.75) is 45.6 Å². The highest BCUT2D eigenvalue weighted by atomic mass is 16.3. The number of amides is 1. The zero-order valence-corrected chi connectivity index (χ0v) is 11.8. The van der Waals surface area contributed by atoms with E-state index in [1.54, 1.807) is 24.3 Å². The van der Waals surface area contributed by atoms with Gasteiger partial charge in [0.2, 0.25) is 0 Å². The van der Waals surface area contributed by atoms with Gasteiger partial charge in [0, 0.05) is 18.2 Å². The first-order valence-electron chi connectivity index (χ1n) is 7.18. The molecule has 0 bridgehead atoms. The Labute approximate surface area is 115 Å². The largest absolute Gasteiger partial charge is 0.508 e. The minimum Gasteiger partial charge on any atom is -0.508 e. The third kappa shape index (κ3) is 3.49. The Morgan fingerprint density at radius 2 is 1.84 bits per heavy atom. The van der Waals surface area contributed by atoms with Gasteiger partial charge in [-0.1, -0.05) is 26.7 Å². The van der Waals surface area contributed by atoms with Crippen molar-refractivity contribution >= 4 is 5.91 Å². The molecule has 0 atom stereocenters. The SMILES string of the molecule is CC(C)CN(C(=O)c1ccc(O)cc1)C1CCCC1. The van der Waals surface area contributed by atoms with Crippen LogP contribution in [0, 0.1) is 5.92 Å². The maximum absolute atomic E-state index is 12.6. The summed E-state index contributed by atoms with van der Waals surface area (Å²) in [5.41, 5.74) is 0.672. The van der Waals surface area contributed by atoms with E-state index in [2.05, 4.69) is 13.8 Å². The van der Waals surface area contributed by atoms with E-state index >= 15 is 0 Å². The van der Waals surface area contributed by atoms with Crippen LogP contribution in [-0.2, 0) is 0 Å². The van der Waals surface area contributed by atoms with Crippen LogP contribution < -0.4 is 0 Å². The van der Waals surface area contributed by atoms with Crippen LogP contribution in [0.25, 0.3) is 0 Å². The van der Waals surface area contributed by atoms with Crippen molar-refractivity contribution < 1.29 is 9.90 Å². The van der Waals surface area contributed by atoms with Crippen molar-refractivity contribution in [2.75, 3.05) is 6.54 Å². The van der Waals surface area contributed by atoms with Gasteiger partial charge in [0.25, 0.3) is 5.91 Å². The summed E-state index contributed by atoms with van der Waals surface area (Å²) in [6, 6.07) is 6.97. The molecule has 104 valence electrons. The molecule has 1 aliphatic rings. The minimum absolute atomic E-state index is 0.0978. The average Bonchev–Trinajstić information content (AvgIpc) is 2.89. The van der Waals surface area contributed by atoms with E-state index in [1.807, 2.05) is 4.90 Å². The van der Waals surface area contributed by atoms with Crippen LogP contribution in [0.2, 0.25) is 0 Å². The number of nitrogens with zero attached hydrogens (tertiary/aromatic N) is 1. The van der Waals surface area contributed by atoms with Gasteiger partial charge < -0.3 is 10.0 Å². The maximum Gasteiger partial charge on any atom is 0.254 e. The van der Waals surface area contributed by atoms with Gasteiger partial charge in [-0.05, 0) is 43.0 Å². The van der Waals surface area contributed by atoms with Crippen molar-refractivity contribution in [3.05, 3.63) is 29.8 Å². The molecule has 0 aromatic heterocycles. The molecule has 3 nitrogen and oxygen atoms in total. The second-order valence-electron chi connectivity index (χ2n) is 5.84. The topological polar surface area (TPSA) is 40.5 Å². The van der Waals surface area contributed by atoms with Gasteiger partial charge in [0.05, 0.1) is 0 Å². The Hall–Kier alpha value is -1.51. The van der Waals surface area contributed by atoms with E-state index in [0.29, 0.717) is 17.5 Å². The molecule has 1 aliphatic carbocycles. The summed E-state index contributed by atoms with van der Waals surface area (Å²) in [5, 5.41) is 9.31. The standard InChI is InChI=1S/C16H23NO2/c1-12(2)11-17(14-5-3-4-6-14)16(19)13-7-9-15(18)10-8-13/h7-10,12,14,18H,3-6,11H2,1-2H3. The zero-order chi connectivity index (χ0) is 13.8. The minimum atomic E-state index is 0.0978. The summed E-state index contributed by atoms with van der Waals surface area (Å²) in [7, 11) is 0. The predicted molar refractivity (Wildman–Crippen MR) is 76.2 cm³/mol. The first-order valence-corrected chi connectivity index (χ1v) is 7.18. The number of aromatic hydroxyl groups is 1. The van der Waals surface area contributed by atoms with Gasteiger partial charge in [-0.15, -0.1) is 0 Å².